The van der Waals surface area contributed by atoms with Crippen molar-refractivity contribution in [1.29, 1.82) is 0 Å². The van der Waals surface area contributed by atoms with Gasteiger partial charge in [-0.25, -0.2) is 9.20 Å². The molecule has 0 radical (unpaired) electrons. The molecular formula is C8H9N4O+. The van der Waals surface area contributed by atoms with Crippen LogP contribution in [-0.2, 0) is 0 Å². The zero-order chi connectivity index (χ0) is 9.26. The molecule has 0 saturated carbocycles. The average molecular weight is 177 g/mol. The first-order valence-electron chi connectivity index (χ1n) is 3.89. The maximum absolute atomic E-state index is 11.3. The van der Waals surface area contributed by atoms with Gasteiger partial charge >= 0.3 is 6.03 Å². The molecular weight excluding hydrogens is 168 g/mol. The molecule has 0 spiro atoms. The Balaban J connectivity index is 2.64. The molecule has 2 aromatic rings. The Hall–Kier alpha value is -1.91. The van der Waals surface area contributed by atoms with E-state index in [4.69, 9.17) is 0 Å². The lowest BCUT2D eigenvalue weighted by atomic mass is 10.5. The first kappa shape index (κ1) is 7.72. The van der Waals surface area contributed by atoms with Crippen molar-refractivity contribution in [2.24, 2.45) is 0 Å². The minimum absolute atomic E-state index is 0.242. The van der Waals surface area contributed by atoms with E-state index in [0.717, 1.165) is 5.65 Å². The van der Waals surface area contributed by atoms with Crippen molar-refractivity contribution >= 4 is 11.7 Å². The highest BCUT2D eigenvalue weighted by molar-refractivity contribution is 5.78. The Morgan fingerprint density at radius 1 is 1.62 bits per heavy atom. The van der Waals surface area contributed by atoms with E-state index in [1.807, 2.05) is 24.4 Å². The van der Waals surface area contributed by atoms with Gasteiger partial charge in [-0.1, -0.05) is 6.07 Å². The molecule has 0 aliphatic heterocycles. The van der Waals surface area contributed by atoms with Crippen LogP contribution in [-0.4, -0.2) is 22.9 Å². The third kappa shape index (κ3) is 1.14. The van der Waals surface area contributed by atoms with E-state index in [0.29, 0.717) is 0 Å². The second kappa shape index (κ2) is 2.85. The van der Waals surface area contributed by atoms with Gasteiger partial charge in [0, 0.05) is 18.2 Å². The van der Waals surface area contributed by atoms with E-state index in [2.05, 4.69) is 10.4 Å². The molecule has 0 unspecified atom stereocenters. The summed E-state index contributed by atoms with van der Waals surface area (Å²) < 4.78 is 3.08. The van der Waals surface area contributed by atoms with Crippen LogP contribution in [0.2, 0.25) is 0 Å². The molecule has 2 aromatic heterocycles. The highest BCUT2D eigenvalue weighted by Crippen LogP contribution is 1.93. The molecule has 1 amide bonds. The maximum Gasteiger partial charge on any atom is 0.416 e. The van der Waals surface area contributed by atoms with E-state index in [-0.39, 0.29) is 6.03 Å². The predicted octanol–water partition coefficient (Wildman–Crippen LogP) is -0.191. The summed E-state index contributed by atoms with van der Waals surface area (Å²) in [7, 11) is 1.57. The Morgan fingerprint density at radius 3 is 3.23 bits per heavy atom. The van der Waals surface area contributed by atoms with Crippen molar-refractivity contribution in [2.75, 3.05) is 7.05 Å². The number of amides is 1. The van der Waals surface area contributed by atoms with Crippen molar-refractivity contribution in [1.82, 2.24) is 15.1 Å². The molecule has 13 heavy (non-hydrogen) atoms. The van der Waals surface area contributed by atoms with Crippen LogP contribution in [0.3, 0.4) is 0 Å². The zero-order valence-electron chi connectivity index (χ0n) is 7.14. The second-order valence-electron chi connectivity index (χ2n) is 2.56. The molecule has 0 saturated heterocycles. The second-order valence-corrected chi connectivity index (χ2v) is 2.56. The summed E-state index contributed by atoms with van der Waals surface area (Å²) >= 11 is 0. The van der Waals surface area contributed by atoms with Gasteiger partial charge in [0.25, 0.3) is 12.0 Å². The number of nitrogens with zero attached hydrogens (tertiary/aromatic N) is 3. The van der Waals surface area contributed by atoms with Crippen molar-refractivity contribution in [3.05, 3.63) is 30.7 Å². The van der Waals surface area contributed by atoms with Crippen LogP contribution in [0, 0.1) is 0 Å². The number of nitrogens with one attached hydrogen (secondary N) is 1. The summed E-state index contributed by atoms with van der Waals surface area (Å²) in [5.74, 6) is 0. The molecule has 0 atom stereocenters. The van der Waals surface area contributed by atoms with Gasteiger partial charge < -0.3 is 5.32 Å². The maximum atomic E-state index is 11.3. The van der Waals surface area contributed by atoms with Crippen LogP contribution in [0.25, 0.3) is 5.65 Å². The van der Waals surface area contributed by atoms with Crippen LogP contribution >= 0.6 is 0 Å². The van der Waals surface area contributed by atoms with Crippen molar-refractivity contribution in [2.45, 2.75) is 0 Å². The molecule has 2 rings (SSSR count). The van der Waals surface area contributed by atoms with Crippen LogP contribution < -0.4 is 9.72 Å². The van der Waals surface area contributed by atoms with Crippen molar-refractivity contribution in [3.63, 3.8) is 0 Å². The first-order chi connectivity index (χ1) is 6.33. The van der Waals surface area contributed by atoms with Crippen molar-refractivity contribution in [3.8, 4) is 0 Å². The van der Waals surface area contributed by atoms with Gasteiger partial charge in [0.2, 0.25) is 0 Å². The number of rotatable bonds is 0. The minimum Gasteiger partial charge on any atom is -0.325 e. The molecule has 0 aliphatic carbocycles. The van der Waals surface area contributed by atoms with E-state index in [9.17, 15) is 4.79 Å². The summed E-state index contributed by atoms with van der Waals surface area (Å²) in [4.78, 5) is 11.3. The molecule has 66 valence electrons. The van der Waals surface area contributed by atoms with Gasteiger partial charge in [0.15, 0.2) is 0 Å². The Morgan fingerprint density at radius 2 is 2.46 bits per heavy atom. The smallest absolute Gasteiger partial charge is 0.325 e. The monoisotopic (exact) mass is 177 g/mol. The number of carbonyl (C=O) groups excluding carboxylic acids is 1. The SMILES string of the molecule is CNC(=O)n1nc[n+]2ccccc12. The third-order valence-corrected chi connectivity index (χ3v) is 1.78. The first-order valence-corrected chi connectivity index (χ1v) is 3.89. The van der Waals surface area contributed by atoms with Crippen LogP contribution in [0.1, 0.15) is 0 Å². The van der Waals surface area contributed by atoms with Crippen molar-refractivity contribution < 1.29 is 9.20 Å². The fraction of sp³-hybridized carbons (Fsp3) is 0.125. The number of pyridine rings is 1. The predicted molar refractivity (Wildman–Crippen MR) is 45.2 cm³/mol. The van der Waals surface area contributed by atoms with Gasteiger partial charge in [0.1, 0.15) is 0 Å². The largest absolute Gasteiger partial charge is 0.416 e. The molecule has 5 heteroatoms. The number of aromatic nitrogens is 3. The normalized spacial score (nSPS) is 10.2. The molecule has 1 N–H and O–H groups in total. The summed E-state index contributed by atoms with van der Waals surface area (Å²) in [6.45, 7) is 0. The number of hydrogen-bond donors (Lipinski definition) is 1. The quantitative estimate of drug-likeness (QED) is 0.567. The summed E-state index contributed by atoms with van der Waals surface area (Å²) in [5, 5.41) is 6.44. The summed E-state index contributed by atoms with van der Waals surface area (Å²) in [6.07, 6.45) is 3.42. The van der Waals surface area contributed by atoms with E-state index in [1.54, 1.807) is 17.8 Å². The highest BCUT2D eigenvalue weighted by atomic mass is 16.2. The lowest BCUT2D eigenvalue weighted by molar-refractivity contribution is -0.512. The fourth-order valence-corrected chi connectivity index (χ4v) is 1.15. The Labute approximate surface area is 74.6 Å². The number of fused-ring (bicyclic) bond motifs is 1. The molecule has 0 bridgehead atoms. The summed E-state index contributed by atoms with van der Waals surface area (Å²) in [5.41, 5.74) is 0.738. The van der Waals surface area contributed by atoms with Crippen LogP contribution in [0.4, 0.5) is 4.79 Å². The molecule has 2 heterocycles. The van der Waals surface area contributed by atoms with Gasteiger partial charge in [-0.2, -0.15) is 0 Å². The lowest BCUT2D eigenvalue weighted by Crippen LogP contribution is -2.27. The van der Waals surface area contributed by atoms with E-state index < -0.39 is 0 Å². The Kier molecular flexibility index (Phi) is 1.70. The van der Waals surface area contributed by atoms with Gasteiger partial charge in [-0.3, -0.25) is 0 Å². The molecule has 0 aromatic carbocycles. The van der Waals surface area contributed by atoms with Crippen LogP contribution in [0.15, 0.2) is 30.7 Å². The Bertz CT molecular complexity index is 448. The topological polar surface area (TPSA) is 51.0 Å². The fourth-order valence-electron chi connectivity index (χ4n) is 1.15. The van der Waals surface area contributed by atoms with Gasteiger partial charge in [0.05, 0.1) is 6.20 Å². The minimum atomic E-state index is -0.242. The number of hydrogen-bond acceptors (Lipinski definition) is 2. The highest BCUT2D eigenvalue weighted by Gasteiger charge is 2.16. The lowest BCUT2D eigenvalue weighted by Gasteiger charge is -1.90. The standard InChI is InChI=1S/C8H8N4O/c1-9-8(13)12-7-4-2-3-5-11(7)6-10-12/h2-6H,1H3/p+1. The van der Waals surface area contributed by atoms with Gasteiger partial charge in [-0.15, -0.1) is 0 Å². The van der Waals surface area contributed by atoms with Crippen LogP contribution in [0.5, 0.6) is 0 Å². The van der Waals surface area contributed by atoms with E-state index >= 15 is 0 Å². The molecule has 5 nitrogen and oxygen atoms in total. The zero-order valence-corrected chi connectivity index (χ0v) is 7.14. The molecule has 0 fully saturated rings. The molecule has 0 aliphatic rings. The summed E-state index contributed by atoms with van der Waals surface area (Å²) in [6, 6.07) is 5.32. The van der Waals surface area contributed by atoms with Gasteiger partial charge in [-0.05, 0) is 10.7 Å². The third-order valence-electron chi connectivity index (χ3n) is 1.78. The van der Waals surface area contributed by atoms with E-state index in [1.165, 1.54) is 4.68 Å². The average Bonchev–Trinajstić information content (AvgIpc) is 2.60. The number of carbonyl (C=O) groups is 1.